The SMILES string of the molecule is O=C1CC[C@@H](Sc2ccccc2)[C@@H](c2ccccc2)N1c1ccccc1. The van der Waals surface area contributed by atoms with Crippen LogP contribution >= 0.6 is 11.8 Å². The fourth-order valence-electron chi connectivity index (χ4n) is 3.57. The molecule has 2 nitrogen and oxygen atoms in total. The van der Waals surface area contributed by atoms with Crippen LogP contribution in [0.1, 0.15) is 24.4 Å². The molecule has 0 aromatic heterocycles. The lowest BCUT2D eigenvalue weighted by molar-refractivity contribution is -0.120. The molecule has 1 saturated heterocycles. The number of piperidine rings is 1. The van der Waals surface area contributed by atoms with Gasteiger partial charge in [-0.15, -0.1) is 11.8 Å². The summed E-state index contributed by atoms with van der Waals surface area (Å²) in [6, 6.07) is 31.0. The number of amides is 1. The minimum absolute atomic E-state index is 0.0325. The number of carbonyl (C=O) groups is 1. The Labute approximate surface area is 158 Å². The van der Waals surface area contributed by atoms with Crippen molar-refractivity contribution in [2.45, 2.75) is 29.0 Å². The van der Waals surface area contributed by atoms with E-state index >= 15 is 0 Å². The number of nitrogens with zero attached hydrogens (tertiary/aromatic N) is 1. The van der Waals surface area contributed by atoms with Gasteiger partial charge < -0.3 is 4.90 Å². The van der Waals surface area contributed by atoms with Crippen molar-refractivity contribution < 1.29 is 4.79 Å². The molecule has 2 atom stereocenters. The van der Waals surface area contributed by atoms with Gasteiger partial charge in [0.05, 0.1) is 6.04 Å². The number of hydrogen-bond donors (Lipinski definition) is 0. The van der Waals surface area contributed by atoms with E-state index in [-0.39, 0.29) is 11.9 Å². The maximum Gasteiger partial charge on any atom is 0.227 e. The van der Waals surface area contributed by atoms with Crippen molar-refractivity contribution in [3.05, 3.63) is 96.6 Å². The van der Waals surface area contributed by atoms with Crippen LogP contribution < -0.4 is 4.90 Å². The molecule has 1 aliphatic heterocycles. The lowest BCUT2D eigenvalue weighted by atomic mass is 9.93. The standard InChI is InChI=1S/C23H21NOS/c25-22-17-16-21(26-20-14-8-3-9-15-20)23(18-10-4-1-5-11-18)24(22)19-12-6-2-7-13-19/h1-15,21,23H,16-17H2/t21-,23-/m1/s1. The summed E-state index contributed by atoms with van der Waals surface area (Å²) in [7, 11) is 0. The zero-order chi connectivity index (χ0) is 17.8. The second kappa shape index (κ2) is 7.79. The largest absolute Gasteiger partial charge is 0.304 e. The molecule has 0 saturated carbocycles. The first kappa shape index (κ1) is 16.9. The Morgan fingerprint density at radius 3 is 2.00 bits per heavy atom. The molecule has 1 aliphatic rings. The second-order valence-electron chi connectivity index (χ2n) is 6.46. The molecule has 0 N–H and O–H groups in total. The van der Waals surface area contributed by atoms with Gasteiger partial charge in [0.25, 0.3) is 0 Å². The number of para-hydroxylation sites is 1. The fourth-order valence-corrected chi connectivity index (χ4v) is 4.88. The Morgan fingerprint density at radius 1 is 0.769 bits per heavy atom. The second-order valence-corrected chi connectivity index (χ2v) is 7.78. The maximum absolute atomic E-state index is 12.9. The van der Waals surface area contributed by atoms with Gasteiger partial charge in [-0.25, -0.2) is 0 Å². The Morgan fingerprint density at radius 2 is 1.35 bits per heavy atom. The lowest BCUT2D eigenvalue weighted by Crippen LogP contribution is -2.44. The van der Waals surface area contributed by atoms with Crippen LogP contribution in [0.15, 0.2) is 95.9 Å². The summed E-state index contributed by atoms with van der Waals surface area (Å²) in [4.78, 5) is 16.1. The molecule has 1 amide bonds. The van der Waals surface area contributed by atoms with Crippen molar-refractivity contribution >= 4 is 23.4 Å². The van der Waals surface area contributed by atoms with Gasteiger partial charge in [0.15, 0.2) is 0 Å². The van der Waals surface area contributed by atoms with Crippen molar-refractivity contribution in [2.24, 2.45) is 0 Å². The summed E-state index contributed by atoms with van der Waals surface area (Å²) in [6.45, 7) is 0. The van der Waals surface area contributed by atoms with Crippen LogP contribution in [0.25, 0.3) is 0 Å². The van der Waals surface area contributed by atoms with E-state index in [1.54, 1.807) is 0 Å². The predicted octanol–water partition coefficient (Wildman–Crippen LogP) is 5.72. The summed E-state index contributed by atoms with van der Waals surface area (Å²) < 4.78 is 0. The molecule has 3 heteroatoms. The molecule has 1 fully saturated rings. The quantitative estimate of drug-likeness (QED) is 0.594. The minimum Gasteiger partial charge on any atom is -0.304 e. The molecule has 130 valence electrons. The van der Waals surface area contributed by atoms with Gasteiger partial charge in [-0.05, 0) is 36.2 Å². The van der Waals surface area contributed by atoms with E-state index in [9.17, 15) is 4.79 Å². The van der Waals surface area contributed by atoms with Gasteiger partial charge in [-0.2, -0.15) is 0 Å². The van der Waals surface area contributed by atoms with E-state index in [2.05, 4.69) is 48.5 Å². The number of carbonyl (C=O) groups excluding carboxylic acids is 1. The first-order valence-electron chi connectivity index (χ1n) is 8.97. The first-order chi connectivity index (χ1) is 12.8. The van der Waals surface area contributed by atoms with Crippen LogP contribution in [0.4, 0.5) is 5.69 Å². The first-order valence-corrected chi connectivity index (χ1v) is 9.84. The zero-order valence-electron chi connectivity index (χ0n) is 14.5. The zero-order valence-corrected chi connectivity index (χ0v) is 15.3. The third-order valence-corrected chi connectivity index (χ3v) is 6.09. The van der Waals surface area contributed by atoms with E-state index < -0.39 is 0 Å². The summed E-state index contributed by atoms with van der Waals surface area (Å²) in [6.07, 6.45) is 1.48. The third-order valence-electron chi connectivity index (χ3n) is 4.75. The predicted molar refractivity (Wildman–Crippen MR) is 108 cm³/mol. The Kier molecular flexibility index (Phi) is 5.07. The van der Waals surface area contributed by atoms with Crippen LogP contribution in [0.5, 0.6) is 0 Å². The van der Waals surface area contributed by atoms with Crippen molar-refractivity contribution in [3.8, 4) is 0 Å². The van der Waals surface area contributed by atoms with E-state index in [0.717, 1.165) is 12.1 Å². The number of anilines is 1. The lowest BCUT2D eigenvalue weighted by Gasteiger charge is -2.41. The summed E-state index contributed by atoms with van der Waals surface area (Å²) in [5.74, 6) is 0.204. The Balaban J connectivity index is 1.74. The monoisotopic (exact) mass is 359 g/mol. The average molecular weight is 359 g/mol. The molecular weight excluding hydrogens is 338 g/mol. The average Bonchev–Trinajstić information content (AvgIpc) is 2.71. The molecule has 3 aromatic carbocycles. The highest BCUT2D eigenvalue weighted by atomic mass is 32.2. The van der Waals surface area contributed by atoms with Crippen LogP contribution in [0, 0.1) is 0 Å². The van der Waals surface area contributed by atoms with Gasteiger partial charge in [-0.3, -0.25) is 4.79 Å². The van der Waals surface area contributed by atoms with Gasteiger partial charge >= 0.3 is 0 Å². The van der Waals surface area contributed by atoms with Crippen molar-refractivity contribution in [1.82, 2.24) is 0 Å². The highest BCUT2D eigenvalue weighted by molar-refractivity contribution is 8.00. The third kappa shape index (κ3) is 3.54. The van der Waals surface area contributed by atoms with E-state index in [4.69, 9.17) is 0 Å². The Hall–Kier alpha value is -2.52. The summed E-state index contributed by atoms with van der Waals surface area (Å²) in [5, 5.41) is 0.317. The smallest absolute Gasteiger partial charge is 0.227 e. The van der Waals surface area contributed by atoms with Crippen LogP contribution in [-0.4, -0.2) is 11.2 Å². The number of benzene rings is 3. The fraction of sp³-hybridized carbons (Fsp3) is 0.174. The van der Waals surface area contributed by atoms with Crippen molar-refractivity contribution in [1.29, 1.82) is 0 Å². The summed E-state index contributed by atoms with van der Waals surface area (Å²) in [5.41, 5.74) is 2.17. The molecule has 4 rings (SSSR count). The van der Waals surface area contributed by atoms with Crippen LogP contribution in [0.3, 0.4) is 0 Å². The molecule has 1 heterocycles. The van der Waals surface area contributed by atoms with E-state index in [1.807, 2.05) is 59.1 Å². The maximum atomic E-state index is 12.9. The Bertz CT molecular complexity index is 851. The topological polar surface area (TPSA) is 20.3 Å². The molecule has 0 radical (unpaired) electrons. The molecular formula is C23H21NOS. The van der Waals surface area contributed by atoms with Crippen LogP contribution in [0.2, 0.25) is 0 Å². The number of hydrogen-bond acceptors (Lipinski definition) is 2. The van der Waals surface area contributed by atoms with Crippen LogP contribution in [-0.2, 0) is 4.79 Å². The van der Waals surface area contributed by atoms with Gasteiger partial charge in [-0.1, -0.05) is 66.7 Å². The number of thioether (sulfide) groups is 1. The molecule has 0 aliphatic carbocycles. The number of rotatable bonds is 4. The highest BCUT2D eigenvalue weighted by Gasteiger charge is 2.38. The molecule has 3 aromatic rings. The normalized spacial score (nSPS) is 20.2. The van der Waals surface area contributed by atoms with Gasteiger partial charge in [0, 0.05) is 22.3 Å². The highest BCUT2D eigenvalue weighted by Crippen LogP contribution is 2.43. The van der Waals surface area contributed by atoms with Crippen molar-refractivity contribution in [2.75, 3.05) is 4.90 Å². The molecule has 0 spiro atoms. The molecule has 0 bridgehead atoms. The van der Waals surface area contributed by atoms with E-state index in [0.29, 0.717) is 11.7 Å². The van der Waals surface area contributed by atoms with Crippen molar-refractivity contribution in [3.63, 3.8) is 0 Å². The molecule has 0 unspecified atom stereocenters. The summed E-state index contributed by atoms with van der Waals surface area (Å²) >= 11 is 1.87. The van der Waals surface area contributed by atoms with Gasteiger partial charge in [0.2, 0.25) is 5.91 Å². The molecule has 26 heavy (non-hydrogen) atoms. The minimum atomic E-state index is 0.0325. The van der Waals surface area contributed by atoms with Gasteiger partial charge in [0.1, 0.15) is 0 Å². The van der Waals surface area contributed by atoms with E-state index in [1.165, 1.54) is 10.5 Å².